The molecule has 5 heteroatoms. The third-order valence-electron chi connectivity index (χ3n) is 3.81. The molecule has 3 nitrogen and oxygen atoms in total. The van der Waals surface area contributed by atoms with Crippen molar-refractivity contribution in [2.75, 3.05) is 20.1 Å². The zero-order valence-electron chi connectivity index (χ0n) is 11.4. The number of likely N-dealkylation sites (N-methyl/N-ethyl adjacent to an activating group) is 1. The second kappa shape index (κ2) is 5.59. The lowest BCUT2D eigenvalue weighted by Crippen LogP contribution is -2.56. The van der Waals surface area contributed by atoms with E-state index in [1.807, 2.05) is 0 Å². The van der Waals surface area contributed by atoms with Crippen molar-refractivity contribution in [1.29, 1.82) is 0 Å². The summed E-state index contributed by atoms with van der Waals surface area (Å²) >= 11 is 3.32. The summed E-state index contributed by atoms with van der Waals surface area (Å²) in [6.07, 6.45) is 0. The molecule has 0 radical (unpaired) electrons. The van der Waals surface area contributed by atoms with Gasteiger partial charge in [0, 0.05) is 29.6 Å². The Morgan fingerprint density at radius 1 is 1.32 bits per heavy atom. The van der Waals surface area contributed by atoms with E-state index in [0.29, 0.717) is 35.2 Å². The Balaban J connectivity index is 2.22. The second-order valence-electron chi connectivity index (χ2n) is 5.20. The van der Waals surface area contributed by atoms with Crippen molar-refractivity contribution in [2.45, 2.75) is 25.9 Å². The number of hydrogen-bond acceptors (Lipinski definition) is 2. The minimum Gasteiger partial charge on any atom is -0.335 e. The van der Waals surface area contributed by atoms with E-state index in [1.54, 1.807) is 11.0 Å². The molecule has 1 fully saturated rings. The Bertz CT molecular complexity index is 482. The molecule has 2 rings (SSSR count). The fourth-order valence-corrected chi connectivity index (χ4v) is 2.82. The van der Waals surface area contributed by atoms with Crippen molar-refractivity contribution < 1.29 is 9.18 Å². The summed E-state index contributed by atoms with van der Waals surface area (Å²) in [6.45, 7) is 5.53. The number of hydrogen-bond donors (Lipinski definition) is 0. The van der Waals surface area contributed by atoms with Crippen molar-refractivity contribution in [3.63, 3.8) is 0 Å². The lowest BCUT2D eigenvalue weighted by atomic mass is 10.1. The molecule has 19 heavy (non-hydrogen) atoms. The first-order valence-electron chi connectivity index (χ1n) is 6.36. The largest absolute Gasteiger partial charge is 0.335 e. The number of carbonyl (C=O) groups is 1. The molecule has 2 atom stereocenters. The molecule has 1 aliphatic heterocycles. The molecule has 0 aromatic heterocycles. The number of nitrogens with zero attached hydrogens (tertiary/aromatic N) is 2. The van der Waals surface area contributed by atoms with Gasteiger partial charge in [-0.15, -0.1) is 0 Å². The van der Waals surface area contributed by atoms with Crippen molar-refractivity contribution in [1.82, 2.24) is 9.80 Å². The van der Waals surface area contributed by atoms with E-state index in [9.17, 15) is 9.18 Å². The third-order valence-corrected chi connectivity index (χ3v) is 4.50. The molecule has 1 heterocycles. The highest BCUT2D eigenvalue weighted by Crippen LogP contribution is 2.22. The van der Waals surface area contributed by atoms with Crippen LogP contribution in [0.15, 0.2) is 22.7 Å². The molecule has 1 aliphatic rings. The fourth-order valence-electron chi connectivity index (χ4n) is 2.40. The molecule has 0 aliphatic carbocycles. The fraction of sp³-hybridized carbons (Fsp3) is 0.500. The molecular formula is C14H18BrFN2O. The van der Waals surface area contributed by atoms with Gasteiger partial charge in [-0.2, -0.15) is 0 Å². The maximum atomic E-state index is 13.3. The molecule has 0 saturated carbocycles. The first-order valence-corrected chi connectivity index (χ1v) is 7.15. The average Bonchev–Trinajstić information content (AvgIpc) is 2.37. The van der Waals surface area contributed by atoms with Crippen molar-refractivity contribution in [2.24, 2.45) is 0 Å². The van der Waals surface area contributed by atoms with E-state index < -0.39 is 0 Å². The molecule has 1 aromatic carbocycles. The SMILES string of the molecule is CC1CN(C(=O)c2cc(F)ccc2Br)CC(C)N1C. The van der Waals surface area contributed by atoms with E-state index in [-0.39, 0.29) is 11.7 Å². The number of carbonyl (C=O) groups excluding carboxylic acids is 1. The Morgan fingerprint density at radius 3 is 2.47 bits per heavy atom. The van der Waals surface area contributed by atoms with E-state index in [4.69, 9.17) is 0 Å². The molecule has 1 amide bonds. The van der Waals surface area contributed by atoms with Gasteiger partial charge < -0.3 is 4.90 Å². The van der Waals surface area contributed by atoms with Crippen LogP contribution in [0.5, 0.6) is 0 Å². The summed E-state index contributed by atoms with van der Waals surface area (Å²) in [6, 6.07) is 4.82. The molecule has 1 aromatic rings. The van der Waals surface area contributed by atoms with Crippen LogP contribution in [0.3, 0.4) is 0 Å². The van der Waals surface area contributed by atoms with Crippen LogP contribution in [0.25, 0.3) is 0 Å². The molecular weight excluding hydrogens is 311 g/mol. The maximum absolute atomic E-state index is 13.3. The van der Waals surface area contributed by atoms with Crippen LogP contribution in [0.2, 0.25) is 0 Å². The molecule has 104 valence electrons. The van der Waals surface area contributed by atoms with Crippen molar-refractivity contribution in [3.05, 3.63) is 34.1 Å². The first kappa shape index (κ1) is 14.5. The van der Waals surface area contributed by atoms with Gasteiger partial charge in [-0.25, -0.2) is 4.39 Å². The standard InChI is InChI=1S/C14H18BrFN2O/c1-9-7-18(8-10(2)17(9)3)14(19)12-6-11(16)4-5-13(12)15/h4-6,9-10H,7-8H2,1-3H3. The predicted octanol–water partition coefficient (Wildman–Crippen LogP) is 2.75. The number of rotatable bonds is 1. The molecule has 1 saturated heterocycles. The van der Waals surface area contributed by atoms with Crippen LogP contribution in [0, 0.1) is 5.82 Å². The van der Waals surface area contributed by atoms with E-state index in [0.717, 1.165) is 0 Å². The van der Waals surface area contributed by atoms with Crippen molar-refractivity contribution in [3.8, 4) is 0 Å². The van der Waals surface area contributed by atoms with Gasteiger partial charge in [0.15, 0.2) is 0 Å². The van der Waals surface area contributed by atoms with E-state index in [1.165, 1.54) is 12.1 Å². The Morgan fingerprint density at radius 2 is 1.89 bits per heavy atom. The maximum Gasteiger partial charge on any atom is 0.255 e. The van der Waals surface area contributed by atoms with Crippen LogP contribution in [-0.4, -0.2) is 47.9 Å². The van der Waals surface area contributed by atoms with Crippen LogP contribution >= 0.6 is 15.9 Å². The smallest absolute Gasteiger partial charge is 0.255 e. The number of benzene rings is 1. The van der Waals surface area contributed by atoms with E-state index in [2.05, 4.69) is 41.7 Å². The lowest BCUT2D eigenvalue weighted by Gasteiger charge is -2.42. The van der Waals surface area contributed by atoms with Gasteiger partial charge >= 0.3 is 0 Å². The number of piperazine rings is 1. The summed E-state index contributed by atoms with van der Waals surface area (Å²) in [4.78, 5) is 16.5. The predicted molar refractivity (Wildman–Crippen MR) is 76.7 cm³/mol. The summed E-state index contributed by atoms with van der Waals surface area (Å²) in [5, 5.41) is 0. The Kier molecular flexibility index (Phi) is 4.26. The number of amides is 1. The van der Waals surface area contributed by atoms with Crippen LogP contribution < -0.4 is 0 Å². The Labute approximate surface area is 121 Å². The molecule has 2 unspecified atom stereocenters. The van der Waals surface area contributed by atoms with Crippen LogP contribution in [-0.2, 0) is 0 Å². The summed E-state index contributed by atoms with van der Waals surface area (Å²) in [5.41, 5.74) is 0.393. The highest BCUT2D eigenvalue weighted by molar-refractivity contribution is 9.10. The molecule has 0 spiro atoms. The van der Waals surface area contributed by atoms with Gasteiger partial charge in [-0.1, -0.05) is 0 Å². The summed E-state index contributed by atoms with van der Waals surface area (Å²) in [7, 11) is 2.06. The van der Waals surface area contributed by atoms with E-state index >= 15 is 0 Å². The number of halogens is 2. The average molecular weight is 329 g/mol. The molecule has 0 bridgehead atoms. The minimum absolute atomic E-state index is 0.113. The van der Waals surface area contributed by atoms with Crippen LogP contribution in [0.1, 0.15) is 24.2 Å². The monoisotopic (exact) mass is 328 g/mol. The zero-order chi connectivity index (χ0) is 14.2. The zero-order valence-corrected chi connectivity index (χ0v) is 12.9. The van der Waals surface area contributed by atoms with Gasteiger partial charge in [0.25, 0.3) is 5.91 Å². The first-order chi connectivity index (χ1) is 8.90. The normalized spacial score (nSPS) is 24.6. The molecule has 0 N–H and O–H groups in total. The van der Waals surface area contributed by atoms with Gasteiger partial charge in [-0.05, 0) is 55.0 Å². The highest BCUT2D eigenvalue weighted by atomic mass is 79.9. The minimum atomic E-state index is -0.387. The second-order valence-corrected chi connectivity index (χ2v) is 6.05. The highest BCUT2D eigenvalue weighted by Gasteiger charge is 2.30. The van der Waals surface area contributed by atoms with Crippen molar-refractivity contribution >= 4 is 21.8 Å². The summed E-state index contributed by atoms with van der Waals surface area (Å²) in [5.74, 6) is -0.500. The van der Waals surface area contributed by atoms with Crippen LogP contribution in [0.4, 0.5) is 4.39 Å². The Hall–Kier alpha value is -0.940. The quantitative estimate of drug-likeness (QED) is 0.791. The summed E-state index contributed by atoms with van der Waals surface area (Å²) < 4.78 is 13.9. The van der Waals surface area contributed by atoms with Gasteiger partial charge in [0.1, 0.15) is 5.82 Å². The van der Waals surface area contributed by atoms with Gasteiger partial charge in [0.2, 0.25) is 0 Å². The van der Waals surface area contributed by atoms with Gasteiger partial charge in [-0.3, -0.25) is 9.69 Å². The third kappa shape index (κ3) is 2.98. The topological polar surface area (TPSA) is 23.6 Å². The van der Waals surface area contributed by atoms with Gasteiger partial charge in [0.05, 0.1) is 5.56 Å². The lowest BCUT2D eigenvalue weighted by molar-refractivity contribution is 0.0413.